The van der Waals surface area contributed by atoms with E-state index in [0.717, 1.165) is 0 Å². The molecule has 1 fully saturated rings. The smallest absolute Gasteiger partial charge is 0.236 e. The van der Waals surface area contributed by atoms with E-state index in [1.54, 1.807) is 4.90 Å². The van der Waals surface area contributed by atoms with Crippen LogP contribution < -0.4 is 5.73 Å². The van der Waals surface area contributed by atoms with Crippen LogP contribution in [0.25, 0.3) is 0 Å². The summed E-state index contributed by atoms with van der Waals surface area (Å²) in [7, 11) is 0. The fraction of sp³-hybridized carbons (Fsp3) is 0.889. The summed E-state index contributed by atoms with van der Waals surface area (Å²) in [5, 5.41) is 9.54. The SMILES string of the molecule is NCC(=O)N1CC[C@@H](O)[C@@H](CCF)C1. The number of halogens is 1. The predicted molar refractivity (Wildman–Crippen MR) is 50.3 cm³/mol. The standard InChI is InChI=1S/C9H17FN2O2/c10-3-1-7-6-12(9(14)5-11)4-2-8(7)13/h7-8,13H,1-6,11H2/t7-,8+/m0/s1. The van der Waals surface area contributed by atoms with Crippen molar-refractivity contribution in [3.63, 3.8) is 0 Å². The van der Waals surface area contributed by atoms with E-state index in [-0.39, 0.29) is 18.4 Å². The summed E-state index contributed by atoms with van der Waals surface area (Å²) in [6, 6.07) is 0. The number of likely N-dealkylation sites (tertiary alicyclic amines) is 1. The van der Waals surface area contributed by atoms with Gasteiger partial charge in [-0.3, -0.25) is 9.18 Å². The van der Waals surface area contributed by atoms with E-state index >= 15 is 0 Å². The Labute approximate surface area is 82.9 Å². The molecule has 1 heterocycles. The van der Waals surface area contributed by atoms with Gasteiger partial charge >= 0.3 is 0 Å². The number of carbonyl (C=O) groups is 1. The summed E-state index contributed by atoms with van der Waals surface area (Å²) >= 11 is 0. The summed E-state index contributed by atoms with van der Waals surface area (Å²) in [5.41, 5.74) is 5.23. The molecule has 2 atom stereocenters. The molecule has 1 amide bonds. The van der Waals surface area contributed by atoms with Gasteiger partial charge in [0.05, 0.1) is 19.3 Å². The van der Waals surface area contributed by atoms with Crippen LogP contribution in [0, 0.1) is 5.92 Å². The number of aliphatic hydroxyl groups is 1. The molecule has 82 valence electrons. The minimum absolute atomic E-state index is 0.0154. The Balaban J connectivity index is 2.48. The fourth-order valence-electron chi connectivity index (χ4n) is 1.80. The molecule has 1 aliphatic heterocycles. The molecule has 0 spiro atoms. The Hall–Kier alpha value is -0.680. The first-order valence-electron chi connectivity index (χ1n) is 4.91. The highest BCUT2D eigenvalue weighted by Crippen LogP contribution is 2.20. The molecule has 3 N–H and O–H groups in total. The van der Waals surface area contributed by atoms with Gasteiger partial charge < -0.3 is 15.7 Å². The van der Waals surface area contributed by atoms with E-state index < -0.39 is 12.8 Å². The third-order valence-electron chi connectivity index (χ3n) is 2.70. The maximum atomic E-state index is 12.1. The Morgan fingerprint density at radius 2 is 2.36 bits per heavy atom. The van der Waals surface area contributed by atoms with Crippen molar-refractivity contribution >= 4 is 5.91 Å². The Kier molecular flexibility index (Phi) is 4.28. The summed E-state index contributed by atoms with van der Waals surface area (Å²) in [6.07, 6.45) is 0.360. The van der Waals surface area contributed by atoms with Gasteiger partial charge in [-0.05, 0) is 12.8 Å². The van der Waals surface area contributed by atoms with Crippen molar-refractivity contribution < 1.29 is 14.3 Å². The molecule has 4 nitrogen and oxygen atoms in total. The van der Waals surface area contributed by atoms with Crippen LogP contribution in [0.3, 0.4) is 0 Å². The molecule has 5 heteroatoms. The molecule has 0 aliphatic carbocycles. The lowest BCUT2D eigenvalue weighted by atomic mass is 9.92. The molecule has 0 aromatic rings. The molecule has 0 radical (unpaired) electrons. The highest BCUT2D eigenvalue weighted by molar-refractivity contribution is 5.78. The molecule has 0 bridgehead atoms. The lowest BCUT2D eigenvalue weighted by Gasteiger charge is -2.35. The lowest BCUT2D eigenvalue weighted by molar-refractivity contribution is -0.133. The molecule has 14 heavy (non-hydrogen) atoms. The van der Waals surface area contributed by atoms with E-state index in [1.807, 2.05) is 0 Å². The molecule has 1 aliphatic rings. The number of nitrogens with two attached hydrogens (primary N) is 1. The van der Waals surface area contributed by atoms with Crippen LogP contribution in [0.4, 0.5) is 4.39 Å². The maximum absolute atomic E-state index is 12.1. The van der Waals surface area contributed by atoms with Gasteiger partial charge in [0, 0.05) is 19.0 Å². The summed E-state index contributed by atoms with van der Waals surface area (Å²) in [6.45, 7) is 0.492. The van der Waals surface area contributed by atoms with E-state index in [9.17, 15) is 14.3 Å². The Morgan fingerprint density at radius 1 is 1.64 bits per heavy atom. The number of hydrogen-bond donors (Lipinski definition) is 2. The number of carbonyl (C=O) groups excluding carboxylic acids is 1. The molecular weight excluding hydrogens is 187 g/mol. The third-order valence-corrected chi connectivity index (χ3v) is 2.70. The van der Waals surface area contributed by atoms with Gasteiger partial charge in [-0.25, -0.2) is 0 Å². The minimum Gasteiger partial charge on any atom is -0.393 e. The maximum Gasteiger partial charge on any atom is 0.236 e. The van der Waals surface area contributed by atoms with Gasteiger partial charge in [-0.2, -0.15) is 0 Å². The van der Waals surface area contributed by atoms with Crippen molar-refractivity contribution in [1.82, 2.24) is 4.90 Å². The van der Waals surface area contributed by atoms with Crippen LogP contribution in [0.5, 0.6) is 0 Å². The van der Waals surface area contributed by atoms with Gasteiger partial charge in [0.2, 0.25) is 5.91 Å². The number of hydrogen-bond acceptors (Lipinski definition) is 3. The van der Waals surface area contributed by atoms with Crippen LogP contribution in [0.15, 0.2) is 0 Å². The van der Waals surface area contributed by atoms with E-state index in [0.29, 0.717) is 25.9 Å². The number of amides is 1. The van der Waals surface area contributed by atoms with Crippen molar-refractivity contribution in [2.45, 2.75) is 18.9 Å². The topological polar surface area (TPSA) is 66.6 Å². The zero-order valence-electron chi connectivity index (χ0n) is 8.16. The Bertz CT molecular complexity index is 201. The van der Waals surface area contributed by atoms with Crippen molar-refractivity contribution in [2.75, 3.05) is 26.3 Å². The fourth-order valence-corrected chi connectivity index (χ4v) is 1.80. The first-order valence-corrected chi connectivity index (χ1v) is 4.91. The first kappa shape index (κ1) is 11.4. The van der Waals surface area contributed by atoms with E-state index in [2.05, 4.69) is 0 Å². The van der Waals surface area contributed by atoms with E-state index in [4.69, 9.17) is 5.73 Å². The number of nitrogens with zero attached hydrogens (tertiary/aromatic N) is 1. The molecule has 1 saturated heterocycles. The van der Waals surface area contributed by atoms with Gasteiger partial charge in [0.15, 0.2) is 0 Å². The monoisotopic (exact) mass is 204 g/mol. The average molecular weight is 204 g/mol. The summed E-state index contributed by atoms with van der Waals surface area (Å²) < 4.78 is 12.1. The minimum atomic E-state index is -0.479. The first-order chi connectivity index (χ1) is 6.69. The van der Waals surface area contributed by atoms with Gasteiger partial charge in [0.1, 0.15) is 0 Å². The predicted octanol–water partition coefficient (Wildman–Crippen LogP) is -0.486. The summed E-state index contributed by atoms with van der Waals surface area (Å²) in [5.74, 6) is -0.259. The molecule has 0 unspecified atom stereocenters. The van der Waals surface area contributed by atoms with Crippen LogP contribution >= 0.6 is 0 Å². The van der Waals surface area contributed by atoms with Crippen molar-refractivity contribution in [1.29, 1.82) is 0 Å². The quantitative estimate of drug-likeness (QED) is 0.652. The van der Waals surface area contributed by atoms with Crippen molar-refractivity contribution in [3.05, 3.63) is 0 Å². The molecule has 1 rings (SSSR count). The van der Waals surface area contributed by atoms with Crippen LogP contribution in [-0.2, 0) is 4.79 Å². The zero-order chi connectivity index (χ0) is 10.6. The van der Waals surface area contributed by atoms with Gasteiger partial charge in [-0.15, -0.1) is 0 Å². The zero-order valence-corrected chi connectivity index (χ0v) is 8.16. The second-order valence-electron chi connectivity index (χ2n) is 3.64. The van der Waals surface area contributed by atoms with Crippen LogP contribution in [0.1, 0.15) is 12.8 Å². The highest BCUT2D eigenvalue weighted by atomic mass is 19.1. The number of aliphatic hydroxyl groups excluding tert-OH is 1. The van der Waals surface area contributed by atoms with Crippen molar-refractivity contribution in [2.24, 2.45) is 11.7 Å². The number of alkyl halides is 1. The van der Waals surface area contributed by atoms with E-state index in [1.165, 1.54) is 0 Å². The van der Waals surface area contributed by atoms with Crippen molar-refractivity contribution in [3.8, 4) is 0 Å². The molecular formula is C9H17FN2O2. The van der Waals surface area contributed by atoms with Crippen LogP contribution in [0.2, 0.25) is 0 Å². The Morgan fingerprint density at radius 3 is 2.93 bits per heavy atom. The van der Waals surface area contributed by atoms with Gasteiger partial charge in [0.25, 0.3) is 0 Å². The second-order valence-corrected chi connectivity index (χ2v) is 3.64. The molecule has 0 aromatic heterocycles. The highest BCUT2D eigenvalue weighted by Gasteiger charge is 2.29. The van der Waals surface area contributed by atoms with Crippen LogP contribution in [-0.4, -0.2) is 48.3 Å². The molecule has 0 saturated carbocycles. The summed E-state index contributed by atoms with van der Waals surface area (Å²) in [4.78, 5) is 12.9. The number of piperidine rings is 1. The number of rotatable bonds is 3. The lowest BCUT2D eigenvalue weighted by Crippen LogP contribution is -2.48. The second kappa shape index (κ2) is 5.26. The largest absolute Gasteiger partial charge is 0.393 e. The average Bonchev–Trinajstić information content (AvgIpc) is 2.20. The van der Waals surface area contributed by atoms with Gasteiger partial charge in [-0.1, -0.05) is 0 Å². The molecule has 0 aromatic carbocycles. The third kappa shape index (κ3) is 2.65. The normalized spacial score (nSPS) is 27.8.